The topological polar surface area (TPSA) is 56.3 Å². The molecule has 144 valence electrons. The van der Waals surface area contributed by atoms with E-state index < -0.39 is 11.7 Å². The molecule has 0 saturated carbocycles. The smallest absolute Gasteiger partial charge is 0.417 e. The lowest BCUT2D eigenvalue weighted by Gasteiger charge is -2.14. The van der Waals surface area contributed by atoms with E-state index in [2.05, 4.69) is 15.3 Å². The number of ether oxygens (including phenoxy) is 2. The molecule has 0 aliphatic heterocycles. The molecule has 0 atom stereocenters. The quantitative estimate of drug-likeness (QED) is 0.606. The molecule has 0 bridgehead atoms. The van der Waals surface area contributed by atoms with Crippen molar-refractivity contribution in [1.29, 1.82) is 0 Å². The second-order valence-electron chi connectivity index (χ2n) is 5.26. The standard InChI is InChI=1S/C17H13ClF3N3O2.ClH/c1-25-14-6-10-13(7-15(14)26-2)22-8-23-16(10)24-9-3-4-12(18)11(5-9)17(19,20)21;/h3-8H,1-2H3,(H,22,23,24);1H. The normalized spacial score (nSPS) is 11.0. The zero-order valence-electron chi connectivity index (χ0n) is 14.1. The van der Waals surface area contributed by atoms with Crippen molar-refractivity contribution < 1.29 is 22.6 Å². The number of alkyl halides is 3. The van der Waals surface area contributed by atoms with Gasteiger partial charge in [-0.15, -0.1) is 12.4 Å². The number of hydrogen-bond donors (Lipinski definition) is 1. The number of benzene rings is 2. The molecule has 27 heavy (non-hydrogen) atoms. The summed E-state index contributed by atoms with van der Waals surface area (Å²) in [5.41, 5.74) is -0.191. The molecule has 3 aromatic rings. The Balaban J connectivity index is 0.00000261. The summed E-state index contributed by atoms with van der Waals surface area (Å²) in [6.45, 7) is 0. The van der Waals surface area contributed by atoms with Crippen molar-refractivity contribution in [3.05, 3.63) is 47.2 Å². The van der Waals surface area contributed by atoms with Crippen LogP contribution in [-0.4, -0.2) is 24.2 Å². The van der Waals surface area contributed by atoms with Gasteiger partial charge < -0.3 is 14.8 Å². The minimum Gasteiger partial charge on any atom is -0.493 e. The maximum Gasteiger partial charge on any atom is 0.417 e. The Morgan fingerprint density at radius 1 is 1.00 bits per heavy atom. The predicted molar refractivity (Wildman–Crippen MR) is 99.6 cm³/mol. The number of aromatic nitrogens is 2. The minimum absolute atomic E-state index is 0. The van der Waals surface area contributed by atoms with Crippen molar-refractivity contribution in [3.8, 4) is 11.5 Å². The maximum atomic E-state index is 13.0. The van der Waals surface area contributed by atoms with Gasteiger partial charge in [-0.3, -0.25) is 0 Å². The van der Waals surface area contributed by atoms with Gasteiger partial charge in [0.2, 0.25) is 0 Å². The lowest BCUT2D eigenvalue weighted by atomic mass is 10.1. The molecule has 3 rings (SSSR count). The molecule has 0 spiro atoms. The Labute approximate surface area is 163 Å². The van der Waals surface area contributed by atoms with Crippen LogP contribution in [0.3, 0.4) is 0 Å². The second-order valence-corrected chi connectivity index (χ2v) is 5.67. The first-order chi connectivity index (χ1) is 12.3. The molecule has 0 amide bonds. The van der Waals surface area contributed by atoms with Gasteiger partial charge in [0.25, 0.3) is 0 Å². The van der Waals surface area contributed by atoms with Crippen LogP contribution in [0.1, 0.15) is 5.56 Å². The second kappa shape index (κ2) is 8.06. The van der Waals surface area contributed by atoms with Gasteiger partial charge in [0.05, 0.1) is 30.3 Å². The van der Waals surface area contributed by atoms with Gasteiger partial charge in [-0.25, -0.2) is 9.97 Å². The number of nitrogens with one attached hydrogen (secondary N) is 1. The molecular weight excluding hydrogens is 406 g/mol. The molecular formula is C17H14Cl2F3N3O2. The zero-order valence-corrected chi connectivity index (χ0v) is 15.7. The summed E-state index contributed by atoms with van der Waals surface area (Å²) in [7, 11) is 2.98. The Morgan fingerprint density at radius 2 is 1.67 bits per heavy atom. The first kappa shape index (κ1) is 20.9. The summed E-state index contributed by atoms with van der Waals surface area (Å²) in [5.74, 6) is 1.26. The van der Waals surface area contributed by atoms with Crippen molar-refractivity contribution in [2.45, 2.75) is 6.18 Å². The van der Waals surface area contributed by atoms with E-state index in [4.69, 9.17) is 21.1 Å². The van der Waals surface area contributed by atoms with Crippen LogP contribution >= 0.6 is 24.0 Å². The van der Waals surface area contributed by atoms with Crippen LogP contribution < -0.4 is 14.8 Å². The van der Waals surface area contributed by atoms with Crippen molar-refractivity contribution >= 4 is 46.4 Å². The highest BCUT2D eigenvalue weighted by Gasteiger charge is 2.33. The highest BCUT2D eigenvalue weighted by atomic mass is 35.5. The first-order valence-corrected chi connectivity index (χ1v) is 7.71. The van der Waals surface area contributed by atoms with Crippen LogP contribution in [-0.2, 0) is 6.18 Å². The molecule has 0 unspecified atom stereocenters. The molecule has 0 fully saturated rings. The van der Waals surface area contributed by atoms with Gasteiger partial charge >= 0.3 is 6.18 Å². The number of nitrogens with zero attached hydrogens (tertiary/aromatic N) is 2. The van der Waals surface area contributed by atoms with E-state index >= 15 is 0 Å². The summed E-state index contributed by atoms with van der Waals surface area (Å²) in [6.07, 6.45) is -3.25. The Bertz CT molecular complexity index is 968. The summed E-state index contributed by atoms with van der Waals surface area (Å²) in [5, 5.41) is 3.06. The van der Waals surface area contributed by atoms with Crippen molar-refractivity contribution in [1.82, 2.24) is 9.97 Å². The predicted octanol–water partition coefficient (Wildman–Crippen LogP) is 5.48. The van der Waals surface area contributed by atoms with Gasteiger partial charge in [-0.05, 0) is 24.3 Å². The molecule has 1 aromatic heterocycles. The third kappa shape index (κ3) is 4.28. The van der Waals surface area contributed by atoms with E-state index in [1.54, 1.807) is 12.1 Å². The minimum atomic E-state index is -4.56. The number of fused-ring (bicyclic) bond motifs is 1. The lowest BCUT2D eigenvalue weighted by molar-refractivity contribution is -0.137. The number of halogens is 5. The molecule has 0 radical (unpaired) electrons. The van der Waals surface area contributed by atoms with Crippen LogP contribution in [0.15, 0.2) is 36.7 Å². The maximum absolute atomic E-state index is 13.0. The largest absolute Gasteiger partial charge is 0.493 e. The molecule has 0 saturated heterocycles. The average molecular weight is 420 g/mol. The van der Waals surface area contributed by atoms with Crippen molar-refractivity contribution in [2.75, 3.05) is 19.5 Å². The Kier molecular flexibility index (Phi) is 6.22. The van der Waals surface area contributed by atoms with Gasteiger partial charge in [-0.1, -0.05) is 11.6 Å². The molecule has 2 aromatic carbocycles. The van der Waals surface area contributed by atoms with Crippen LogP contribution in [0, 0.1) is 0 Å². The fraction of sp³-hybridized carbons (Fsp3) is 0.176. The SMILES string of the molecule is COc1cc2ncnc(Nc3ccc(Cl)c(C(F)(F)F)c3)c2cc1OC.Cl. The van der Waals surface area contributed by atoms with Crippen LogP contribution in [0.4, 0.5) is 24.7 Å². The molecule has 10 heteroatoms. The molecule has 5 nitrogen and oxygen atoms in total. The summed E-state index contributed by atoms with van der Waals surface area (Å²) < 4.78 is 49.6. The van der Waals surface area contributed by atoms with Crippen LogP contribution in [0.25, 0.3) is 10.9 Å². The number of rotatable bonds is 4. The third-order valence-corrected chi connectivity index (χ3v) is 4.00. The van der Waals surface area contributed by atoms with Gasteiger partial charge in [-0.2, -0.15) is 13.2 Å². The van der Waals surface area contributed by atoms with Crippen molar-refractivity contribution in [2.24, 2.45) is 0 Å². The number of anilines is 2. The molecule has 1 N–H and O–H groups in total. The fourth-order valence-corrected chi connectivity index (χ4v) is 2.66. The molecule has 0 aliphatic rings. The third-order valence-electron chi connectivity index (χ3n) is 3.68. The van der Waals surface area contributed by atoms with E-state index in [0.29, 0.717) is 28.2 Å². The number of methoxy groups -OCH3 is 2. The van der Waals surface area contributed by atoms with Crippen LogP contribution in [0.5, 0.6) is 11.5 Å². The Hall–Kier alpha value is -2.45. The lowest BCUT2D eigenvalue weighted by Crippen LogP contribution is -2.07. The first-order valence-electron chi connectivity index (χ1n) is 7.34. The summed E-state index contributed by atoms with van der Waals surface area (Å²) in [6, 6.07) is 6.85. The van der Waals surface area contributed by atoms with Gasteiger partial charge in [0, 0.05) is 17.1 Å². The van der Waals surface area contributed by atoms with E-state index in [1.807, 2.05) is 0 Å². The molecule has 0 aliphatic carbocycles. The number of hydrogen-bond acceptors (Lipinski definition) is 5. The van der Waals surface area contributed by atoms with Crippen LogP contribution in [0.2, 0.25) is 5.02 Å². The highest BCUT2D eigenvalue weighted by Crippen LogP contribution is 2.38. The fourth-order valence-electron chi connectivity index (χ4n) is 2.44. The zero-order chi connectivity index (χ0) is 18.9. The van der Waals surface area contributed by atoms with Crippen molar-refractivity contribution in [3.63, 3.8) is 0 Å². The van der Waals surface area contributed by atoms with E-state index in [9.17, 15) is 13.2 Å². The van der Waals surface area contributed by atoms with Gasteiger partial charge in [0.1, 0.15) is 12.1 Å². The average Bonchev–Trinajstić information content (AvgIpc) is 2.61. The Morgan fingerprint density at radius 3 is 2.30 bits per heavy atom. The summed E-state index contributed by atoms with van der Waals surface area (Å²) >= 11 is 5.65. The van der Waals surface area contributed by atoms with Gasteiger partial charge in [0.15, 0.2) is 11.5 Å². The monoisotopic (exact) mass is 419 g/mol. The highest BCUT2D eigenvalue weighted by molar-refractivity contribution is 6.31. The van der Waals surface area contributed by atoms with E-state index in [-0.39, 0.29) is 23.1 Å². The van der Waals surface area contributed by atoms with E-state index in [1.165, 1.54) is 32.7 Å². The molecule has 1 heterocycles. The van der Waals surface area contributed by atoms with E-state index in [0.717, 1.165) is 6.07 Å². The summed E-state index contributed by atoms with van der Waals surface area (Å²) in [4.78, 5) is 8.27.